The van der Waals surface area contributed by atoms with Gasteiger partial charge in [-0.05, 0) is 31.0 Å². The Labute approximate surface area is 123 Å². The lowest BCUT2D eigenvalue weighted by molar-refractivity contribution is 0.823. The average Bonchev–Trinajstić information content (AvgIpc) is 2.82. The SMILES string of the molecule is CCCCNc1nccn1-c1cc(Cl)c(C)cc1Cl. The summed E-state index contributed by atoms with van der Waals surface area (Å²) in [5, 5.41) is 4.67. The molecule has 5 heteroatoms. The van der Waals surface area contributed by atoms with E-state index in [0.717, 1.165) is 36.6 Å². The van der Waals surface area contributed by atoms with Crippen molar-refractivity contribution in [1.82, 2.24) is 9.55 Å². The fourth-order valence-electron chi connectivity index (χ4n) is 1.83. The largest absolute Gasteiger partial charge is 0.355 e. The molecule has 0 bridgehead atoms. The van der Waals surface area contributed by atoms with Crippen molar-refractivity contribution in [2.24, 2.45) is 0 Å². The van der Waals surface area contributed by atoms with Gasteiger partial charge in [-0.3, -0.25) is 4.57 Å². The highest BCUT2D eigenvalue weighted by molar-refractivity contribution is 6.35. The lowest BCUT2D eigenvalue weighted by Crippen LogP contribution is -2.07. The number of unbranched alkanes of at least 4 members (excludes halogenated alkanes) is 1. The van der Waals surface area contributed by atoms with Gasteiger partial charge in [-0.15, -0.1) is 0 Å². The molecule has 19 heavy (non-hydrogen) atoms. The molecule has 1 heterocycles. The summed E-state index contributed by atoms with van der Waals surface area (Å²) >= 11 is 12.5. The van der Waals surface area contributed by atoms with E-state index in [9.17, 15) is 0 Å². The van der Waals surface area contributed by atoms with Gasteiger partial charge in [0, 0.05) is 24.0 Å². The van der Waals surface area contributed by atoms with Crippen LogP contribution in [0.1, 0.15) is 25.3 Å². The number of nitrogens with zero attached hydrogens (tertiary/aromatic N) is 2. The predicted molar refractivity (Wildman–Crippen MR) is 81.7 cm³/mol. The van der Waals surface area contributed by atoms with Crippen molar-refractivity contribution < 1.29 is 0 Å². The summed E-state index contributed by atoms with van der Waals surface area (Å²) < 4.78 is 1.92. The maximum atomic E-state index is 6.29. The molecule has 1 N–H and O–H groups in total. The molecule has 0 amide bonds. The average molecular weight is 298 g/mol. The van der Waals surface area contributed by atoms with Gasteiger partial charge in [-0.25, -0.2) is 4.98 Å². The van der Waals surface area contributed by atoms with Crippen molar-refractivity contribution in [2.75, 3.05) is 11.9 Å². The number of aromatic nitrogens is 2. The van der Waals surface area contributed by atoms with Crippen molar-refractivity contribution in [3.63, 3.8) is 0 Å². The molecule has 0 unspecified atom stereocenters. The van der Waals surface area contributed by atoms with Gasteiger partial charge in [-0.2, -0.15) is 0 Å². The molecule has 0 saturated heterocycles. The first-order valence-corrected chi connectivity index (χ1v) is 7.12. The van der Waals surface area contributed by atoms with Crippen LogP contribution in [0.3, 0.4) is 0 Å². The third kappa shape index (κ3) is 3.23. The van der Waals surface area contributed by atoms with Gasteiger partial charge >= 0.3 is 0 Å². The maximum Gasteiger partial charge on any atom is 0.207 e. The zero-order valence-electron chi connectivity index (χ0n) is 11.1. The van der Waals surface area contributed by atoms with E-state index < -0.39 is 0 Å². The Morgan fingerprint density at radius 2 is 2.05 bits per heavy atom. The van der Waals surface area contributed by atoms with Gasteiger partial charge in [0.2, 0.25) is 5.95 Å². The molecule has 0 aliphatic rings. The van der Waals surface area contributed by atoms with Crippen LogP contribution in [0, 0.1) is 6.92 Å². The van der Waals surface area contributed by atoms with Crippen LogP contribution in [0.15, 0.2) is 24.5 Å². The number of anilines is 1. The molecule has 0 saturated carbocycles. The number of halogens is 2. The molecule has 0 fully saturated rings. The van der Waals surface area contributed by atoms with Crippen LogP contribution in [-0.2, 0) is 0 Å². The molecule has 102 valence electrons. The summed E-state index contributed by atoms with van der Waals surface area (Å²) in [7, 11) is 0. The summed E-state index contributed by atoms with van der Waals surface area (Å²) in [4.78, 5) is 4.31. The highest BCUT2D eigenvalue weighted by Gasteiger charge is 2.10. The molecule has 1 aromatic carbocycles. The number of benzene rings is 1. The topological polar surface area (TPSA) is 29.9 Å². The molecular weight excluding hydrogens is 281 g/mol. The van der Waals surface area contributed by atoms with Crippen molar-refractivity contribution in [1.29, 1.82) is 0 Å². The normalized spacial score (nSPS) is 10.7. The molecule has 2 rings (SSSR count). The summed E-state index contributed by atoms with van der Waals surface area (Å²) in [6.45, 7) is 4.99. The third-order valence-corrected chi connectivity index (χ3v) is 3.65. The van der Waals surface area contributed by atoms with Crippen LogP contribution in [0.25, 0.3) is 5.69 Å². The minimum atomic E-state index is 0.665. The van der Waals surface area contributed by atoms with Crippen molar-refractivity contribution in [3.05, 3.63) is 40.1 Å². The van der Waals surface area contributed by atoms with E-state index in [0.29, 0.717) is 10.0 Å². The fourth-order valence-corrected chi connectivity index (χ4v) is 2.29. The van der Waals surface area contributed by atoms with Gasteiger partial charge in [-0.1, -0.05) is 36.5 Å². The minimum absolute atomic E-state index is 0.665. The molecule has 1 aromatic heterocycles. The quantitative estimate of drug-likeness (QED) is 0.811. The second-order valence-corrected chi connectivity index (χ2v) is 5.27. The van der Waals surface area contributed by atoms with E-state index in [1.165, 1.54) is 0 Å². The van der Waals surface area contributed by atoms with Crippen molar-refractivity contribution >= 4 is 29.2 Å². The van der Waals surface area contributed by atoms with E-state index in [4.69, 9.17) is 23.2 Å². The summed E-state index contributed by atoms with van der Waals surface area (Å²) in [6.07, 6.45) is 5.87. The Morgan fingerprint density at radius 3 is 2.79 bits per heavy atom. The number of aryl methyl sites for hydroxylation is 1. The summed E-state index contributed by atoms with van der Waals surface area (Å²) in [5.41, 5.74) is 1.81. The van der Waals surface area contributed by atoms with Gasteiger partial charge in [0.05, 0.1) is 10.7 Å². The van der Waals surface area contributed by atoms with Crippen LogP contribution in [-0.4, -0.2) is 16.1 Å². The molecule has 0 radical (unpaired) electrons. The summed E-state index contributed by atoms with van der Waals surface area (Å²) in [5.74, 6) is 0.787. The first-order valence-electron chi connectivity index (χ1n) is 6.36. The van der Waals surface area contributed by atoms with Crippen molar-refractivity contribution in [2.45, 2.75) is 26.7 Å². The third-order valence-electron chi connectivity index (χ3n) is 2.94. The van der Waals surface area contributed by atoms with E-state index in [1.807, 2.05) is 29.8 Å². The Morgan fingerprint density at radius 1 is 1.26 bits per heavy atom. The van der Waals surface area contributed by atoms with Gasteiger partial charge < -0.3 is 5.32 Å². The number of hydrogen-bond donors (Lipinski definition) is 1. The zero-order chi connectivity index (χ0) is 13.8. The molecule has 0 aliphatic carbocycles. The van der Waals surface area contributed by atoms with Crippen LogP contribution >= 0.6 is 23.2 Å². The highest BCUT2D eigenvalue weighted by atomic mass is 35.5. The lowest BCUT2D eigenvalue weighted by Gasteiger charge is -2.12. The van der Waals surface area contributed by atoms with E-state index in [-0.39, 0.29) is 0 Å². The predicted octanol–water partition coefficient (Wildman–Crippen LogP) is 4.70. The second kappa shape index (κ2) is 6.31. The first kappa shape index (κ1) is 14.2. The second-order valence-electron chi connectivity index (χ2n) is 4.45. The van der Waals surface area contributed by atoms with Gasteiger partial charge in [0.25, 0.3) is 0 Å². The summed E-state index contributed by atoms with van der Waals surface area (Å²) in [6, 6.07) is 3.74. The van der Waals surface area contributed by atoms with Gasteiger partial charge in [0.15, 0.2) is 0 Å². The monoisotopic (exact) mass is 297 g/mol. The lowest BCUT2D eigenvalue weighted by atomic mass is 10.2. The Bertz CT molecular complexity index is 564. The fraction of sp³-hybridized carbons (Fsp3) is 0.357. The van der Waals surface area contributed by atoms with Crippen LogP contribution < -0.4 is 5.32 Å². The smallest absolute Gasteiger partial charge is 0.207 e. The Hall–Kier alpha value is -1.19. The number of hydrogen-bond acceptors (Lipinski definition) is 2. The molecule has 2 aromatic rings. The molecular formula is C14H17Cl2N3. The van der Waals surface area contributed by atoms with E-state index in [2.05, 4.69) is 17.2 Å². The van der Waals surface area contributed by atoms with Crippen LogP contribution in [0.4, 0.5) is 5.95 Å². The van der Waals surface area contributed by atoms with E-state index >= 15 is 0 Å². The molecule has 0 atom stereocenters. The maximum absolute atomic E-state index is 6.29. The highest BCUT2D eigenvalue weighted by Crippen LogP contribution is 2.29. The van der Waals surface area contributed by atoms with Crippen molar-refractivity contribution in [3.8, 4) is 5.69 Å². The first-order chi connectivity index (χ1) is 9.13. The number of nitrogens with one attached hydrogen (secondary N) is 1. The minimum Gasteiger partial charge on any atom is -0.355 e. The van der Waals surface area contributed by atoms with Crippen LogP contribution in [0.2, 0.25) is 10.0 Å². The van der Waals surface area contributed by atoms with Gasteiger partial charge in [0.1, 0.15) is 0 Å². The zero-order valence-corrected chi connectivity index (χ0v) is 12.6. The number of imidazole rings is 1. The Balaban J connectivity index is 2.32. The van der Waals surface area contributed by atoms with E-state index in [1.54, 1.807) is 6.20 Å². The standard InChI is InChI=1S/C14H17Cl2N3/c1-3-4-5-17-14-18-6-7-19(14)13-9-11(15)10(2)8-12(13)16/h6-9H,3-5H2,1-2H3,(H,17,18). The molecule has 0 spiro atoms. The molecule has 0 aliphatic heterocycles. The van der Waals surface area contributed by atoms with Crippen LogP contribution in [0.5, 0.6) is 0 Å². The Kier molecular flexibility index (Phi) is 4.72. The molecule has 3 nitrogen and oxygen atoms in total. The number of rotatable bonds is 5.